The van der Waals surface area contributed by atoms with E-state index in [9.17, 15) is 9.59 Å². The Labute approximate surface area is 129 Å². The summed E-state index contributed by atoms with van der Waals surface area (Å²) in [6.45, 7) is 1.44. The highest BCUT2D eigenvalue weighted by atomic mass is 16.2. The van der Waals surface area contributed by atoms with Gasteiger partial charge in [0.2, 0.25) is 5.91 Å². The zero-order chi connectivity index (χ0) is 15.5. The second-order valence-corrected chi connectivity index (χ2v) is 5.36. The predicted octanol–water partition coefficient (Wildman–Crippen LogP) is 2.85. The van der Waals surface area contributed by atoms with Gasteiger partial charge in [-0.05, 0) is 43.2 Å². The molecule has 1 heterocycles. The summed E-state index contributed by atoms with van der Waals surface area (Å²) >= 11 is 0. The molecule has 1 saturated carbocycles. The van der Waals surface area contributed by atoms with Crippen molar-refractivity contribution in [3.05, 3.63) is 54.2 Å². The first kappa shape index (κ1) is 14.3. The van der Waals surface area contributed by atoms with Crippen molar-refractivity contribution in [3.8, 4) is 0 Å². The fourth-order valence-electron chi connectivity index (χ4n) is 2.36. The molecule has 1 fully saturated rings. The van der Waals surface area contributed by atoms with Crippen molar-refractivity contribution < 1.29 is 9.59 Å². The van der Waals surface area contributed by atoms with Gasteiger partial charge in [0.15, 0.2) is 0 Å². The van der Waals surface area contributed by atoms with Gasteiger partial charge in [0, 0.05) is 30.4 Å². The fourth-order valence-corrected chi connectivity index (χ4v) is 2.36. The Morgan fingerprint density at radius 2 is 2.00 bits per heavy atom. The highest BCUT2D eigenvalue weighted by molar-refractivity contribution is 6.07. The molecule has 112 valence electrons. The molecule has 0 saturated heterocycles. The number of hydrogen-bond acceptors (Lipinski definition) is 3. The summed E-state index contributed by atoms with van der Waals surface area (Å²) < 4.78 is 0. The first-order valence-corrected chi connectivity index (χ1v) is 7.27. The average molecular weight is 295 g/mol. The third-order valence-electron chi connectivity index (χ3n) is 3.46. The Kier molecular flexibility index (Phi) is 3.87. The van der Waals surface area contributed by atoms with Crippen molar-refractivity contribution in [2.45, 2.75) is 25.8 Å². The van der Waals surface area contributed by atoms with Gasteiger partial charge in [-0.15, -0.1) is 0 Å². The van der Waals surface area contributed by atoms with Crippen LogP contribution in [0.5, 0.6) is 0 Å². The first-order valence-electron chi connectivity index (χ1n) is 7.27. The number of carbonyl (C=O) groups is 2. The maximum atomic E-state index is 12.8. The Morgan fingerprint density at radius 1 is 1.18 bits per heavy atom. The molecule has 0 aliphatic heterocycles. The fraction of sp³-hybridized carbons (Fsp3) is 0.235. The zero-order valence-electron chi connectivity index (χ0n) is 12.3. The minimum absolute atomic E-state index is 0.0894. The van der Waals surface area contributed by atoms with E-state index < -0.39 is 0 Å². The van der Waals surface area contributed by atoms with Crippen molar-refractivity contribution in [2.24, 2.45) is 0 Å². The van der Waals surface area contributed by atoms with Crippen LogP contribution in [-0.4, -0.2) is 22.8 Å². The quantitative estimate of drug-likeness (QED) is 0.943. The molecule has 1 N–H and O–H groups in total. The molecule has 0 bridgehead atoms. The molecule has 2 aromatic rings. The molecule has 0 unspecified atom stereocenters. The van der Waals surface area contributed by atoms with E-state index >= 15 is 0 Å². The highest BCUT2D eigenvalue weighted by Crippen LogP contribution is 2.32. The summed E-state index contributed by atoms with van der Waals surface area (Å²) in [5.41, 5.74) is 1.17. The molecule has 1 aliphatic carbocycles. The lowest BCUT2D eigenvalue weighted by Gasteiger charge is -2.21. The number of aromatic nitrogens is 1. The lowest BCUT2D eigenvalue weighted by molar-refractivity contribution is -0.114. The number of pyridine rings is 1. The van der Waals surface area contributed by atoms with Crippen LogP contribution in [0.3, 0.4) is 0 Å². The Hall–Kier alpha value is -2.69. The summed E-state index contributed by atoms with van der Waals surface area (Å²) in [4.78, 5) is 30.0. The topological polar surface area (TPSA) is 62.3 Å². The number of benzene rings is 1. The van der Waals surface area contributed by atoms with Crippen molar-refractivity contribution in [3.63, 3.8) is 0 Å². The third kappa shape index (κ3) is 3.14. The van der Waals surface area contributed by atoms with E-state index in [1.165, 1.54) is 6.92 Å². The van der Waals surface area contributed by atoms with E-state index in [-0.39, 0.29) is 17.9 Å². The summed E-state index contributed by atoms with van der Waals surface area (Å²) in [5, 5.41) is 2.70. The van der Waals surface area contributed by atoms with Crippen LogP contribution < -0.4 is 10.2 Å². The Balaban J connectivity index is 1.89. The maximum absolute atomic E-state index is 12.8. The van der Waals surface area contributed by atoms with Gasteiger partial charge in [-0.1, -0.05) is 12.1 Å². The van der Waals surface area contributed by atoms with Crippen LogP contribution in [0.4, 0.5) is 11.5 Å². The highest BCUT2D eigenvalue weighted by Gasteiger charge is 2.35. The van der Waals surface area contributed by atoms with Gasteiger partial charge in [0.25, 0.3) is 5.91 Å². The molecular weight excluding hydrogens is 278 g/mol. The van der Waals surface area contributed by atoms with Crippen molar-refractivity contribution >= 4 is 23.3 Å². The first-order chi connectivity index (χ1) is 10.6. The molecule has 0 atom stereocenters. The van der Waals surface area contributed by atoms with Gasteiger partial charge < -0.3 is 5.32 Å². The van der Waals surface area contributed by atoms with Crippen molar-refractivity contribution in [1.29, 1.82) is 0 Å². The number of carbonyl (C=O) groups excluding carboxylic acids is 2. The molecule has 5 heteroatoms. The Morgan fingerprint density at radius 3 is 2.64 bits per heavy atom. The smallest absolute Gasteiger partial charge is 0.259 e. The number of hydrogen-bond donors (Lipinski definition) is 1. The molecular formula is C17H17N3O2. The van der Waals surface area contributed by atoms with Crippen LogP contribution in [0.2, 0.25) is 0 Å². The molecule has 1 aliphatic rings. The van der Waals surface area contributed by atoms with Gasteiger partial charge in [-0.25, -0.2) is 4.98 Å². The van der Waals surface area contributed by atoms with Crippen molar-refractivity contribution in [1.82, 2.24) is 4.98 Å². The second-order valence-electron chi connectivity index (χ2n) is 5.36. The molecule has 0 radical (unpaired) electrons. The molecule has 22 heavy (non-hydrogen) atoms. The molecule has 2 amide bonds. The van der Waals surface area contributed by atoms with Crippen LogP contribution >= 0.6 is 0 Å². The third-order valence-corrected chi connectivity index (χ3v) is 3.46. The standard InChI is InChI=1S/C17H17N3O2/c1-12(21)19-14-6-4-5-13(11-14)17(22)20(15-8-9-15)16-7-2-3-10-18-16/h2-7,10-11,15H,8-9H2,1H3,(H,19,21). The zero-order valence-corrected chi connectivity index (χ0v) is 12.3. The van der Waals surface area contributed by atoms with E-state index in [0.717, 1.165) is 12.8 Å². The predicted molar refractivity (Wildman–Crippen MR) is 84.8 cm³/mol. The van der Waals surface area contributed by atoms with Crippen LogP contribution in [0, 0.1) is 0 Å². The molecule has 1 aromatic carbocycles. The number of anilines is 2. The number of amides is 2. The van der Waals surface area contributed by atoms with Crippen molar-refractivity contribution in [2.75, 3.05) is 10.2 Å². The van der Waals surface area contributed by atoms with Gasteiger partial charge in [0.05, 0.1) is 0 Å². The Bertz CT molecular complexity index is 696. The normalized spacial score (nSPS) is 13.5. The molecule has 1 aromatic heterocycles. The number of rotatable bonds is 4. The summed E-state index contributed by atoms with van der Waals surface area (Å²) in [5.74, 6) is 0.418. The van der Waals surface area contributed by atoms with Crippen LogP contribution in [-0.2, 0) is 4.79 Å². The lowest BCUT2D eigenvalue weighted by atomic mass is 10.1. The molecule has 3 rings (SSSR count). The van der Waals surface area contributed by atoms with Crippen LogP contribution in [0.15, 0.2) is 48.7 Å². The SMILES string of the molecule is CC(=O)Nc1cccc(C(=O)N(c2ccccn2)C2CC2)c1. The molecule has 0 spiro atoms. The monoisotopic (exact) mass is 295 g/mol. The van der Waals surface area contributed by atoms with E-state index in [0.29, 0.717) is 17.1 Å². The van der Waals surface area contributed by atoms with Gasteiger partial charge >= 0.3 is 0 Å². The van der Waals surface area contributed by atoms with E-state index in [4.69, 9.17) is 0 Å². The minimum Gasteiger partial charge on any atom is -0.326 e. The number of nitrogens with zero attached hydrogens (tertiary/aromatic N) is 2. The summed E-state index contributed by atoms with van der Waals surface area (Å²) in [6.07, 6.45) is 3.67. The average Bonchev–Trinajstić information content (AvgIpc) is 3.33. The van der Waals surface area contributed by atoms with Crippen LogP contribution in [0.1, 0.15) is 30.1 Å². The second kappa shape index (κ2) is 5.97. The molecule has 5 nitrogen and oxygen atoms in total. The number of nitrogens with one attached hydrogen (secondary N) is 1. The van der Waals surface area contributed by atoms with Crippen LogP contribution in [0.25, 0.3) is 0 Å². The minimum atomic E-state index is -0.159. The van der Waals surface area contributed by atoms with Gasteiger partial charge in [-0.3, -0.25) is 14.5 Å². The van der Waals surface area contributed by atoms with E-state index in [2.05, 4.69) is 10.3 Å². The van der Waals surface area contributed by atoms with Gasteiger partial charge in [0.1, 0.15) is 5.82 Å². The summed E-state index contributed by atoms with van der Waals surface area (Å²) in [7, 11) is 0. The van der Waals surface area contributed by atoms with E-state index in [1.54, 1.807) is 35.4 Å². The summed E-state index contributed by atoms with van der Waals surface area (Å²) in [6, 6.07) is 12.7. The van der Waals surface area contributed by atoms with Gasteiger partial charge in [-0.2, -0.15) is 0 Å². The lowest BCUT2D eigenvalue weighted by Crippen LogP contribution is -2.33. The van der Waals surface area contributed by atoms with E-state index in [1.807, 2.05) is 18.2 Å². The largest absolute Gasteiger partial charge is 0.326 e. The maximum Gasteiger partial charge on any atom is 0.259 e.